The fourth-order valence-electron chi connectivity index (χ4n) is 2.25. The molecule has 2 heterocycles. The van der Waals surface area contributed by atoms with Crippen molar-refractivity contribution < 1.29 is 0 Å². The minimum Gasteiger partial charge on any atom is -0.368 e. The maximum Gasteiger partial charge on any atom is 0.181 e. The smallest absolute Gasteiger partial charge is 0.181 e. The summed E-state index contributed by atoms with van der Waals surface area (Å²) in [6, 6.07) is 8.22. The Labute approximate surface area is 118 Å². The van der Waals surface area contributed by atoms with E-state index in [2.05, 4.69) is 44.5 Å². The molecule has 0 unspecified atom stereocenters. The average Bonchev–Trinajstić information content (AvgIpc) is 3.17. The first-order chi connectivity index (χ1) is 9.86. The number of nitrogens with one attached hydrogen (secondary N) is 2. The quantitative estimate of drug-likeness (QED) is 0.874. The Morgan fingerprint density at radius 2 is 1.95 bits per heavy atom. The van der Waals surface area contributed by atoms with Crippen LogP contribution in [0, 0.1) is 0 Å². The molecule has 1 aromatic heterocycles. The third-order valence-electron chi connectivity index (χ3n) is 3.39. The molecule has 0 radical (unpaired) electrons. The van der Waals surface area contributed by atoms with Crippen LogP contribution >= 0.6 is 0 Å². The average molecular weight is 269 g/mol. The summed E-state index contributed by atoms with van der Waals surface area (Å²) in [7, 11) is 0. The first-order valence-electron chi connectivity index (χ1n) is 7.17. The van der Waals surface area contributed by atoms with Crippen LogP contribution in [-0.4, -0.2) is 34.1 Å². The molecular weight excluding hydrogens is 250 g/mol. The Balaban J connectivity index is 1.75. The number of aryl methyl sites for hydroxylation is 1. The van der Waals surface area contributed by atoms with Crippen LogP contribution in [0.4, 0.5) is 0 Å². The number of H-pyrrole nitrogens is 1. The number of aromatic nitrogens is 3. The third-order valence-corrected chi connectivity index (χ3v) is 3.39. The van der Waals surface area contributed by atoms with Gasteiger partial charge in [-0.25, -0.2) is 4.98 Å². The lowest BCUT2D eigenvalue weighted by molar-refractivity contribution is 0.756. The summed E-state index contributed by atoms with van der Waals surface area (Å²) >= 11 is 0. The van der Waals surface area contributed by atoms with Crippen LogP contribution < -0.4 is 5.32 Å². The molecule has 0 bridgehead atoms. The number of nitrogens with zero attached hydrogens (tertiary/aromatic N) is 3. The van der Waals surface area contributed by atoms with E-state index in [1.807, 2.05) is 12.1 Å². The van der Waals surface area contributed by atoms with Gasteiger partial charge in [-0.05, 0) is 6.42 Å². The van der Waals surface area contributed by atoms with Crippen molar-refractivity contribution >= 4 is 5.84 Å². The van der Waals surface area contributed by atoms with Crippen LogP contribution in [0.5, 0.6) is 0 Å². The van der Waals surface area contributed by atoms with E-state index in [9.17, 15) is 0 Å². The molecule has 1 aliphatic heterocycles. The summed E-state index contributed by atoms with van der Waals surface area (Å²) in [5, 5.41) is 10.6. The molecule has 0 atom stereocenters. The molecule has 2 aromatic rings. The number of amidine groups is 1. The minimum atomic E-state index is 0.768. The Bertz CT molecular complexity index is 597. The number of unbranched alkanes of at least 4 members (excludes halogenated alkanes) is 1. The van der Waals surface area contributed by atoms with Gasteiger partial charge < -0.3 is 5.32 Å². The van der Waals surface area contributed by atoms with Crippen molar-refractivity contribution in [3.8, 4) is 11.4 Å². The van der Waals surface area contributed by atoms with Crippen molar-refractivity contribution in [2.75, 3.05) is 13.1 Å². The fraction of sp³-hybridized carbons (Fsp3) is 0.400. The second-order valence-electron chi connectivity index (χ2n) is 4.94. The predicted molar refractivity (Wildman–Crippen MR) is 79.8 cm³/mol. The van der Waals surface area contributed by atoms with Gasteiger partial charge >= 0.3 is 0 Å². The van der Waals surface area contributed by atoms with E-state index >= 15 is 0 Å². The molecule has 0 spiro atoms. The fourth-order valence-corrected chi connectivity index (χ4v) is 2.25. The van der Waals surface area contributed by atoms with Crippen molar-refractivity contribution in [2.24, 2.45) is 4.99 Å². The Kier molecular flexibility index (Phi) is 3.76. The predicted octanol–water partition coefficient (Wildman–Crippen LogP) is 2.16. The molecule has 0 saturated carbocycles. The lowest BCUT2D eigenvalue weighted by Gasteiger charge is -2.02. The third kappa shape index (κ3) is 2.71. The molecule has 2 N–H and O–H groups in total. The molecule has 0 fully saturated rings. The molecule has 1 aromatic carbocycles. The Morgan fingerprint density at radius 1 is 1.15 bits per heavy atom. The summed E-state index contributed by atoms with van der Waals surface area (Å²) in [6.45, 7) is 3.97. The molecular formula is C15H19N5. The van der Waals surface area contributed by atoms with Gasteiger partial charge in [0.1, 0.15) is 11.7 Å². The van der Waals surface area contributed by atoms with Gasteiger partial charge in [-0.2, -0.15) is 5.10 Å². The largest absolute Gasteiger partial charge is 0.368 e. The van der Waals surface area contributed by atoms with Crippen molar-refractivity contribution in [3.05, 3.63) is 35.7 Å². The zero-order valence-corrected chi connectivity index (χ0v) is 11.7. The van der Waals surface area contributed by atoms with Gasteiger partial charge in [0.15, 0.2) is 5.82 Å². The van der Waals surface area contributed by atoms with E-state index in [-0.39, 0.29) is 0 Å². The summed E-state index contributed by atoms with van der Waals surface area (Å²) in [5.74, 6) is 2.71. The van der Waals surface area contributed by atoms with E-state index in [1.54, 1.807) is 0 Å². The van der Waals surface area contributed by atoms with E-state index < -0.39 is 0 Å². The number of rotatable bonds is 5. The van der Waals surface area contributed by atoms with Gasteiger partial charge in [-0.3, -0.25) is 10.1 Å². The number of hydrogen-bond donors (Lipinski definition) is 2. The van der Waals surface area contributed by atoms with Crippen LogP contribution in [-0.2, 0) is 6.42 Å². The number of aromatic amines is 1. The maximum atomic E-state index is 4.53. The monoisotopic (exact) mass is 269 g/mol. The highest BCUT2D eigenvalue weighted by Gasteiger charge is 2.09. The van der Waals surface area contributed by atoms with E-state index in [1.165, 1.54) is 6.42 Å². The summed E-state index contributed by atoms with van der Waals surface area (Å²) < 4.78 is 0. The molecule has 3 rings (SSSR count). The normalized spacial score (nSPS) is 14.2. The molecule has 0 amide bonds. The van der Waals surface area contributed by atoms with Gasteiger partial charge in [0, 0.05) is 24.1 Å². The molecule has 5 nitrogen and oxygen atoms in total. The highest BCUT2D eigenvalue weighted by Crippen LogP contribution is 2.16. The number of hydrogen-bond acceptors (Lipinski definition) is 4. The van der Waals surface area contributed by atoms with Crippen LogP contribution in [0.15, 0.2) is 29.3 Å². The second-order valence-corrected chi connectivity index (χ2v) is 4.94. The highest BCUT2D eigenvalue weighted by atomic mass is 15.2. The maximum absolute atomic E-state index is 4.53. The molecule has 1 aliphatic rings. The Hall–Kier alpha value is -2.17. The van der Waals surface area contributed by atoms with Crippen LogP contribution in [0.1, 0.15) is 31.2 Å². The van der Waals surface area contributed by atoms with Gasteiger partial charge in [0.25, 0.3) is 0 Å². The zero-order chi connectivity index (χ0) is 13.8. The number of benzene rings is 1. The standard InChI is InChI=1S/C15H19N5/c1-2-3-4-13-18-15(20-19-13)12-7-5-11(6-8-12)14-16-9-10-17-14/h5-8H,2-4,9-10H2,1H3,(H,16,17)(H,18,19,20). The lowest BCUT2D eigenvalue weighted by atomic mass is 10.1. The SMILES string of the molecule is CCCCc1nc(-c2ccc(C3=NCCN3)cc2)n[nH]1. The molecule has 0 saturated heterocycles. The van der Waals surface area contributed by atoms with Crippen LogP contribution in [0.3, 0.4) is 0 Å². The Morgan fingerprint density at radius 3 is 2.65 bits per heavy atom. The summed E-state index contributed by atoms with van der Waals surface area (Å²) in [5.41, 5.74) is 2.15. The van der Waals surface area contributed by atoms with E-state index in [4.69, 9.17) is 0 Å². The first kappa shape index (κ1) is 12.8. The summed E-state index contributed by atoms with van der Waals surface area (Å²) in [6.07, 6.45) is 3.27. The van der Waals surface area contributed by atoms with Crippen molar-refractivity contribution in [2.45, 2.75) is 26.2 Å². The molecule has 5 heteroatoms. The number of aliphatic imine (C=N–C) groups is 1. The zero-order valence-electron chi connectivity index (χ0n) is 11.7. The van der Waals surface area contributed by atoms with Gasteiger partial charge in [0.05, 0.1) is 6.54 Å². The van der Waals surface area contributed by atoms with E-state index in [0.29, 0.717) is 0 Å². The highest BCUT2D eigenvalue weighted by molar-refractivity contribution is 5.99. The van der Waals surface area contributed by atoms with E-state index in [0.717, 1.165) is 54.5 Å². The molecule has 0 aliphatic carbocycles. The summed E-state index contributed by atoms with van der Waals surface area (Å²) in [4.78, 5) is 8.95. The lowest BCUT2D eigenvalue weighted by Crippen LogP contribution is -2.19. The van der Waals surface area contributed by atoms with Crippen molar-refractivity contribution in [3.63, 3.8) is 0 Å². The van der Waals surface area contributed by atoms with Gasteiger partial charge in [-0.1, -0.05) is 37.6 Å². The van der Waals surface area contributed by atoms with Gasteiger partial charge in [-0.15, -0.1) is 0 Å². The van der Waals surface area contributed by atoms with Gasteiger partial charge in [0.2, 0.25) is 0 Å². The van der Waals surface area contributed by atoms with Crippen molar-refractivity contribution in [1.29, 1.82) is 0 Å². The van der Waals surface area contributed by atoms with Crippen LogP contribution in [0.25, 0.3) is 11.4 Å². The molecule has 104 valence electrons. The van der Waals surface area contributed by atoms with Crippen molar-refractivity contribution in [1.82, 2.24) is 20.5 Å². The first-order valence-corrected chi connectivity index (χ1v) is 7.17. The molecule has 20 heavy (non-hydrogen) atoms. The topological polar surface area (TPSA) is 66.0 Å². The van der Waals surface area contributed by atoms with Crippen LogP contribution in [0.2, 0.25) is 0 Å². The minimum absolute atomic E-state index is 0.768. The second kappa shape index (κ2) is 5.86.